The number of hydrogen-bond donors (Lipinski definition) is 0. The second-order valence-corrected chi connectivity index (χ2v) is 8.83. The highest BCUT2D eigenvalue weighted by Crippen LogP contribution is 2.26. The third-order valence-corrected chi connectivity index (χ3v) is 6.44. The van der Waals surface area contributed by atoms with Crippen LogP contribution >= 0.6 is 38.6 Å². The highest BCUT2D eigenvalue weighted by atomic mass is 79.9. The number of halogens is 1. The lowest BCUT2D eigenvalue weighted by molar-refractivity contribution is 0.414. The van der Waals surface area contributed by atoms with Gasteiger partial charge in [0, 0.05) is 15.4 Å². The third-order valence-electron chi connectivity index (χ3n) is 4.20. The van der Waals surface area contributed by atoms with E-state index < -0.39 is 0 Å². The molecule has 4 aromatic rings. The maximum atomic E-state index is 5.47. The van der Waals surface area contributed by atoms with Crippen molar-refractivity contribution in [1.29, 1.82) is 0 Å². The molecule has 0 radical (unpaired) electrons. The molecule has 0 spiro atoms. The molecular formula is C22H18BrN3OS2. The molecule has 29 heavy (non-hydrogen) atoms. The average Bonchev–Trinajstić information content (AvgIpc) is 3.41. The minimum atomic E-state index is 0.612. The zero-order valence-electron chi connectivity index (χ0n) is 15.7. The lowest BCUT2D eigenvalue weighted by Gasteiger charge is -2.05. The van der Waals surface area contributed by atoms with Crippen molar-refractivity contribution >= 4 is 44.8 Å². The van der Waals surface area contributed by atoms with Crippen LogP contribution in [0.15, 0.2) is 86.0 Å². The van der Waals surface area contributed by atoms with E-state index in [1.54, 1.807) is 29.8 Å². The van der Waals surface area contributed by atoms with Gasteiger partial charge in [0.25, 0.3) is 0 Å². The molecule has 4 nitrogen and oxygen atoms in total. The summed E-state index contributed by atoms with van der Waals surface area (Å²) >= 11 is 6.80. The van der Waals surface area contributed by atoms with Crippen LogP contribution in [0.5, 0.6) is 5.75 Å². The number of aromatic nitrogens is 1. The van der Waals surface area contributed by atoms with Gasteiger partial charge in [-0.2, -0.15) is 5.10 Å². The van der Waals surface area contributed by atoms with E-state index in [1.807, 2.05) is 53.4 Å². The van der Waals surface area contributed by atoms with E-state index in [2.05, 4.69) is 44.9 Å². The van der Waals surface area contributed by atoms with Gasteiger partial charge in [-0.25, -0.2) is 4.68 Å². The molecular weight excluding hydrogens is 466 g/mol. The molecule has 0 aliphatic rings. The van der Waals surface area contributed by atoms with Crippen LogP contribution in [0.3, 0.4) is 0 Å². The number of ether oxygens (including phenoxy) is 1. The van der Waals surface area contributed by atoms with E-state index >= 15 is 0 Å². The largest absolute Gasteiger partial charge is 0.496 e. The molecule has 0 amide bonds. The fraction of sp³-hybridized carbons (Fsp3) is 0.0909. The molecule has 0 bridgehead atoms. The molecule has 0 fully saturated rings. The summed E-state index contributed by atoms with van der Waals surface area (Å²) in [5.41, 5.74) is 3.09. The van der Waals surface area contributed by atoms with Crippen LogP contribution < -0.4 is 9.54 Å². The quantitative estimate of drug-likeness (QED) is 0.308. The minimum Gasteiger partial charge on any atom is -0.496 e. The van der Waals surface area contributed by atoms with Crippen LogP contribution in [0.4, 0.5) is 0 Å². The SMILES string of the molecule is COc1ccc(Br)cc1/C=N\n1c(-c2cccs2)csc1=NCc1ccccc1. The monoisotopic (exact) mass is 483 g/mol. The molecule has 0 saturated heterocycles. The van der Waals surface area contributed by atoms with Crippen LogP contribution in [-0.2, 0) is 6.54 Å². The summed E-state index contributed by atoms with van der Waals surface area (Å²) in [5, 5.41) is 8.94. The number of nitrogens with zero attached hydrogens (tertiary/aromatic N) is 3. The topological polar surface area (TPSA) is 38.9 Å². The summed E-state index contributed by atoms with van der Waals surface area (Å²) in [6.45, 7) is 0.612. The second kappa shape index (κ2) is 9.35. The minimum absolute atomic E-state index is 0.612. The molecule has 0 atom stereocenters. The number of methoxy groups -OCH3 is 1. The average molecular weight is 484 g/mol. The molecule has 146 valence electrons. The molecule has 2 aromatic heterocycles. The Bertz CT molecular complexity index is 1180. The normalized spacial score (nSPS) is 12.0. The van der Waals surface area contributed by atoms with Gasteiger partial charge in [-0.1, -0.05) is 52.3 Å². The first-order chi connectivity index (χ1) is 14.2. The second-order valence-electron chi connectivity index (χ2n) is 6.13. The van der Waals surface area contributed by atoms with Gasteiger partial charge in [-0.3, -0.25) is 4.99 Å². The van der Waals surface area contributed by atoms with Crippen molar-refractivity contribution in [2.45, 2.75) is 6.54 Å². The van der Waals surface area contributed by atoms with Gasteiger partial charge in [0.2, 0.25) is 4.80 Å². The molecule has 7 heteroatoms. The van der Waals surface area contributed by atoms with Gasteiger partial charge in [-0.15, -0.1) is 22.7 Å². The Morgan fingerprint density at radius 1 is 1.07 bits per heavy atom. The van der Waals surface area contributed by atoms with Gasteiger partial charge in [0.1, 0.15) is 5.75 Å². The van der Waals surface area contributed by atoms with E-state index in [4.69, 9.17) is 14.8 Å². The summed E-state index contributed by atoms with van der Waals surface area (Å²) in [6.07, 6.45) is 1.81. The van der Waals surface area contributed by atoms with Crippen LogP contribution in [0.25, 0.3) is 10.6 Å². The van der Waals surface area contributed by atoms with E-state index in [0.29, 0.717) is 6.54 Å². The molecule has 0 saturated carbocycles. The summed E-state index contributed by atoms with van der Waals surface area (Å²) in [7, 11) is 1.66. The first-order valence-electron chi connectivity index (χ1n) is 8.91. The summed E-state index contributed by atoms with van der Waals surface area (Å²) < 4.78 is 8.35. The number of benzene rings is 2. The Balaban J connectivity index is 1.76. The molecule has 2 aromatic carbocycles. The predicted molar refractivity (Wildman–Crippen MR) is 125 cm³/mol. The lowest BCUT2D eigenvalue weighted by atomic mass is 10.2. The fourth-order valence-corrected chi connectivity index (χ4v) is 4.79. The smallest absolute Gasteiger partial charge is 0.206 e. The number of thiazole rings is 1. The lowest BCUT2D eigenvalue weighted by Crippen LogP contribution is -2.12. The van der Waals surface area contributed by atoms with Crippen molar-refractivity contribution in [2.75, 3.05) is 7.11 Å². The predicted octanol–water partition coefficient (Wildman–Crippen LogP) is 6.03. The summed E-state index contributed by atoms with van der Waals surface area (Å²) in [6, 6.07) is 20.2. The van der Waals surface area contributed by atoms with Crippen LogP contribution in [0, 0.1) is 0 Å². The third kappa shape index (κ3) is 4.75. The molecule has 4 rings (SSSR count). The molecule has 0 aliphatic heterocycles. The van der Waals surface area contributed by atoms with Gasteiger partial charge in [-0.05, 0) is 35.2 Å². The Hall–Kier alpha value is -2.48. The van der Waals surface area contributed by atoms with Crippen molar-refractivity contribution in [3.8, 4) is 16.3 Å². The van der Waals surface area contributed by atoms with E-state index in [1.165, 1.54) is 5.56 Å². The zero-order valence-corrected chi connectivity index (χ0v) is 18.9. The van der Waals surface area contributed by atoms with Crippen molar-refractivity contribution in [3.05, 3.63) is 91.8 Å². The first kappa shape index (κ1) is 19.8. The zero-order chi connectivity index (χ0) is 20.1. The first-order valence-corrected chi connectivity index (χ1v) is 11.5. The Morgan fingerprint density at radius 2 is 1.93 bits per heavy atom. The number of rotatable bonds is 6. The maximum Gasteiger partial charge on any atom is 0.206 e. The van der Waals surface area contributed by atoms with Crippen LogP contribution in [-0.4, -0.2) is 18.0 Å². The van der Waals surface area contributed by atoms with Crippen LogP contribution in [0.1, 0.15) is 11.1 Å². The van der Waals surface area contributed by atoms with Crippen LogP contribution in [0.2, 0.25) is 0 Å². The summed E-state index contributed by atoms with van der Waals surface area (Å²) in [5.74, 6) is 0.772. The Morgan fingerprint density at radius 3 is 2.69 bits per heavy atom. The number of hydrogen-bond acceptors (Lipinski definition) is 5. The van der Waals surface area contributed by atoms with E-state index in [-0.39, 0.29) is 0 Å². The van der Waals surface area contributed by atoms with Gasteiger partial charge < -0.3 is 4.74 Å². The van der Waals surface area contributed by atoms with Gasteiger partial charge >= 0.3 is 0 Å². The Kier molecular flexibility index (Phi) is 6.39. The maximum absolute atomic E-state index is 5.47. The van der Waals surface area contributed by atoms with Gasteiger partial charge in [0.05, 0.1) is 30.4 Å². The van der Waals surface area contributed by atoms with Crippen molar-refractivity contribution in [1.82, 2.24) is 4.68 Å². The number of thiophene rings is 1. The van der Waals surface area contributed by atoms with Crippen molar-refractivity contribution in [2.24, 2.45) is 10.1 Å². The van der Waals surface area contributed by atoms with Gasteiger partial charge in [0.15, 0.2) is 0 Å². The Labute approximate surface area is 185 Å². The standard InChI is InChI=1S/C22H18BrN3OS2/c1-27-20-10-9-18(23)12-17(20)14-25-26-19(21-8-5-11-28-21)15-29-22(26)24-13-16-6-3-2-4-7-16/h2-12,14-15H,13H2,1H3/b24-22?,25-14-. The highest BCUT2D eigenvalue weighted by molar-refractivity contribution is 9.10. The molecule has 2 heterocycles. The molecule has 0 unspecified atom stereocenters. The summed E-state index contributed by atoms with van der Waals surface area (Å²) in [4.78, 5) is 6.81. The van der Waals surface area contributed by atoms with E-state index in [0.717, 1.165) is 31.2 Å². The van der Waals surface area contributed by atoms with Crippen molar-refractivity contribution in [3.63, 3.8) is 0 Å². The van der Waals surface area contributed by atoms with Crippen molar-refractivity contribution < 1.29 is 4.74 Å². The highest BCUT2D eigenvalue weighted by Gasteiger charge is 2.09. The molecule has 0 aliphatic carbocycles. The van der Waals surface area contributed by atoms with E-state index in [9.17, 15) is 0 Å². The molecule has 0 N–H and O–H groups in total. The fourth-order valence-electron chi connectivity index (χ4n) is 2.78.